The van der Waals surface area contributed by atoms with Crippen molar-refractivity contribution in [3.63, 3.8) is 0 Å². The van der Waals surface area contributed by atoms with Gasteiger partial charge in [-0.1, -0.05) is 0 Å². The molecule has 4 nitrogen and oxygen atoms in total. The monoisotopic (exact) mass is 161 g/mol. The summed E-state index contributed by atoms with van der Waals surface area (Å²) >= 11 is 0. The lowest BCUT2D eigenvalue weighted by Crippen LogP contribution is -2.40. The molecule has 0 rings (SSSR count). The first-order chi connectivity index (χ1) is 5.07. The summed E-state index contributed by atoms with van der Waals surface area (Å²) in [6.45, 7) is 3.69. The number of nitrogens with one attached hydrogen (secondary N) is 1. The summed E-state index contributed by atoms with van der Waals surface area (Å²) in [7, 11) is 1.56. The number of methoxy groups -OCH3 is 1. The van der Waals surface area contributed by atoms with Crippen LogP contribution < -0.4 is 5.32 Å². The first-order valence-corrected chi connectivity index (χ1v) is 3.55. The fourth-order valence-electron chi connectivity index (χ4n) is 0.655. The van der Waals surface area contributed by atoms with Crippen molar-refractivity contribution < 1.29 is 14.6 Å². The lowest BCUT2D eigenvalue weighted by Gasteiger charge is -2.13. The second-order valence-electron chi connectivity index (χ2n) is 2.54. The molecule has 2 atom stereocenters. The van der Waals surface area contributed by atoms with Crippen LogP contribution in [0.4, 0.5) is 0 Å². The van der Waals surface area contributed by atoms with E-state index in [0.29, 0.717) is 6.61 Å². The number of hydrogen-bond donors (Lipinski definition) is 2. The smallest absolute Gasteiger partial charge is 0.248 e. The maximum absolute atomic E-state index is 10.8. The van der Waals surface area contributed by atoms with E-state index in [4.69, 9.17) is 9.84 Å². The molecule has 0 aliphatic heterocycles. The van der Waals surface area contributed by atoms with Gasteiger partial charge < -0.3 is 15.2 Å². The van der Waals surface area contributed by atoms with Crippen molar-refractivity contribution in [2.45, 2.75) is 26.0 Å². The highest BCUT2D eigenvalue weighted by molar-refractivity contribution is 5.80. The summed E-state index contributed by atoms with van der Waals surface area (Å²) in [6, 6.07) is -0.0536. The Morgan fingerprint density at radius 2 is 2.18 bits per heavy atom. The minimum atomic E-state index is -0.950. The summed E-state index contributed by atoms with van der Waals surface area (Å²) in [5.74, 6) is -0.366. The van der Waals surface area contributed by atoms with Gasteiger partial charge in [0.25, 0.3) is 0 Å². The number of hydrogen-bond acceptors (Lipinski definition) is 3. The molecule has 0 aromatic rings. The SMILES string of the molecule is COCC(C)NC(=O)[C@H](C)O. The molecule has 0 bridgehead atoms. The molecule has 66 valence electrons. The van der Waals surface area contributed by atoms with Crippen LogP contribution in [0.25, 0.3) is 0 Å². The first-order valence-electron chi connectivity index (χ1n) is 3.55. The van der Waals surface area contributed by atoms with Crippen LogP contribution in [-0.4, -0.2) is 36.9 Å². The number of rotatable bonds is 4. The maximum atomic E-state index is 10.8. The van der Waals surface area contributed by atoms with Crippen LogP contribution in [0.5, 0.6) is 0 Å². The zero-order chi connectivity index (χ0) is 8.85. The molecule has 0 radical (unpaired) electrons. The van der Waals surface area contributed by atoms with Gasteiger partial charge in [-0.25, -0.2) is 0 Å². The van der Waals surface area contributed by atoms with Crippen LogP contribution in [0.2, 0.25) is 0 Å². The summed E-state index contributed by atoms with van der Waals surface area (Å²) in [5.41, 5.74) is 0. The highest BCUT2D eigenvalue weighted by Gasteiger charge is 2.10. The molecule has 1 amide bonds. The van der Waals surface area contributed by atoms with Gasteiger partial charge in [-0.3, -0.25) is 4.79 Å². The van der Waals surface area contributed by atoms with Crippen molar-refractivity contribution in [3.8, 4) is 0 Å². The lowest BCUT2D eigenvalue weighted by atomic mass is 10.3. The summed E-state index contributed by atoms with van der Waals surface area (Å²) in [6.07, 6.45) is -0.950. The van der Waals surface area contributed by atoms with Gasteiger partial charge in [-0.2, -0.15) is 0 Å². The standard InChI is InChI=1S/C7H15NO3/c1-5(4-11-3)8-7(10)6(2)9/h5-6,9H,4H2,1-3H3,(H,8,10)/t5?,6-/m0/s1. The van der Waals surface area contributed by atoms with Crippen molar-refractivity contribution in [1.29, 1.82) is 0 Å². The number of ether oxygens (including phenoxy) is 1. The molecule has 0 aliphatic rings. The number of amides is 1. The van der Waals surface area contributed by atoms with Crippen molar-refractivity contribution >= 4 is 5.91 Å². The lowest BCUT2D eigenvalue weighted by molar-refractivity contribution is -0.129. The predicted molar refractivity (Wildman–Crippen MR) is 41.2 cm³/mol. The van der Waals surface area contributed by atoms with Crippen LogP contribution in [0.1, 0.15) is 13.8 Å². The van der Waals surface area contributed by atoms with Gasteiger partial charge in [-0.05, 0) is 13.8 Å². The van der Waals surface area contributed by atoms with Gasteiger partial charge in [0.1, 0.15) is 6.10 Å². The Labute approximate surface area is 66.5 Å². The van der Waals surface area contributed by atoms with E-state index in [0.717, 1.165) is 0 Å². The molecule has 0 heterocycles. The highest BCUT2D eigenvalue weighted by atomic mass is 16.5. The number of carbonyl (C=O) groups excluding carboxylic acids is 1. The third kappa shape index (κ3) is 4.75. The molecule has 2 N–H and O–H groups in total. The molecule has 0 spiro atoms. The molecule has 0 aromatic carbocycles. The number of aliphatic hydroxyl groups excluding tert-OH is 1. The minimum Gasteiger partial charge on any atom is -0.384 e. The van der Waals surface area contributed by atoms with Gasteiger partial charge in [0.05, 0.1) is 6.61 Å². The molecule has 11 heavy (non-hydrogen) atoms. The largest absolute Gasteiger partial charge is 0.384 e. The van der Waals surface area contributed by atoms with Crippen LogP contribution in [0.3, 0.4) is 0 Å². The molecule has 0 saturated carbocycles. The quantitative estimate of drug-likeness (QED) is 0.585. The zero-order valence-corrected chi connectivity index (χ0v) is 7.13. The zero-order valence-electron chi connectivity index (χ0n) is 7.13. The van der Waals surface area contributed by atoms with Crippen LogP contribution in [-0.2, 0) is 9.53 Å². The van der Waals surface area contributed by atoms with E-state index in [9.17, 15) is 4.79 Å². The molecular formula is C7H15NO3. The van der Waals surface area contributed by atoms with E-state index in [1.807, 2.05) is 6.92 Å². The molecule has 4 heteroatoms. The van der Waals surface area contributed by atoms with Crippen molar-refractivity contribution in [3.05, 3.63) is 0 Å². The van der Waals surface area contributed by atoms with E-state index >= 15 is 0 Å². The third-order valence-corrected chi connectivity index (χ3v) is 1.18. The summed E-state index contributed by atoms with van der Waals surface area (Å²) < 4.78 is 4.79. The molecular weight excluding hydrogens is 146 g/mol. The van der Waals surface area contributed by atoms with Gasteiger partial charge in [0, 0.05) is 13.2 Å². The Balaban J connectivity index is 3.57. The van der Waals surface area contributed by atoms with Crippen molar-refractivity contribution in [2.24, 2.45) is 0 Å². The Kier molecular flexibility index (Phi) is 4.81. The average molecular weight is 161 g/mol. The predicted octanol–water partition coefficient (Wildman–Crippen LogP) is -0.482. The molecule has 0 fully saturated rings. The van der Waals surface area contributed by atoms with Gasteiger partial charge in [-0.15, -0.1) is 0 Å². The first kappa shape index (κ1) is 10.4. The fraction of sp³-hybridized carbons (Fsp3) is 0.857. The molecule has 0 aromatic heterocycles. The van der Waals surface area contributed by atoms with E-state index in [1.54, 1.807) is 7.11 Å². The Morgan fingerprint density at radius 1 is 1.64 bits per heavy atom. The molecule has 0 aliphatic carbocycles. The van der Waals surface area contributed by atoms with Crippen molar-refractivity contribution in [2.75, 3.05) is 13.7 Å². The Hall–Kier alpha value is -0.610. The summed E-state index contributed by atoms with van der Waals surface area (Å²) in [4.78, 5) is 10.8. The number of aliphatic hydroxyl groups is 1. The van der Waals surface area contributed by atoms with E-state index in [-0.39, 0.29) is 11.9 Å². The second kappa shape index (κ2) is 5.09. The van der Waals surface area contributed by atoms with Crippen molar-refractivity contribution in [1.82, 2.24) is 5.32 Å². The van der Waals surface area contributed by atoms with Crippen LogP contribution >= 0.6 is 0 Å². The normalized spacial score (nSPS) is 15.6. The number of carbonyl (C=O) groups is 1. The van der Waals surface area contributed by atoms with E-state index in [2.05, 4.69) is 5.32 Å². The van der Waals surface area contributed by atoms with Gasteiger partial charge >= 0.3 is 0 Å². The Morgan fingerprint density at radius 3 is 2.55 bits per heavy atom. The second-order valence-corrected chi connectivity index (χ2v) is 2.54. The minimum absolute atomic E-state index is 0.0536. The Bertz CT molecular complexity index is 125. The maximum Gasteiger partial charge on any atom is 0.248 e. The van der Waals surface area contributed by atoms with Crippen LogP contribution in [0.15, 0.2) is 0 Å². The fourth-order valence-corrected chi connectivity index (χ4v) is 0.655. The topological polar surface area (TPSA) is 58.6 Å². The van der Waals surface area contributed by atoms with E-state index < -0.39 is 6.10 Å². The average Bonchev–Trinajstić information content (AvgIpc) is 1.87. The molecule has 0 saturated heterocycles. The molecule has 1 unspecified atom stereocenters. The van der Waals surface area contributed by atoms with Gasteiger partial charge in [0.15, 0.2) is 0 Å². The van der Waals surface area contributed by atoms with Gasteiger partial charge in [0.2, 0.25) is 5.91 Å². The highest BCUT2D eigenvalue weighted by Crippen LogP contribution is 1.85. The van der Waals surface area contributed by atoms with E-state index in [1.165, 1.54) is 6.92 Å². The summed E-state index contributed by atoms with van der Waals surface area (Å²) in [5, 5.41) is 11.4. The third-order valence-electron chi connectivity index (χ3n) is 1.18. The van der Waals surface area contributed by atoms with Crippen LogP contribution in [0, 0.1) is 0 Å².